The maximum Gasteiger partial charge on any atom is 0.147 e. The highest BCUT2D eigenvalue weighted by Gasteiger charge is 2.29. The summed E-state index contributed by atoms with van der Waals surface area (Å²) in [5, 5.41) is 16.0. The number of aliphatic hydroxyl groups excluding tert-OH is 2. The Hall–Kier alpha value is -1.38. The fourth-order valence-electron chi connectivity index (χ4n) is 4.92. The molecule has 2 N–H and O–H groups in total. The minimum atomic E-state index is -0.233. The van der Waals surface area contributed by atoms with Crippen molar-refractivity contribution in [3.63, 3.8) is 0 Å². The highest BCUT2D eigenvalue weighted by Crippen LogP contribution is 2.35. The van der Waals surface area contributed by atoms with Gasteiger partial charge in [0.05, 0.1) is 32.5 Å². The van der Waals surface area contributed by atoms with Crippen LogP contribution in [0.1, 0.15) is 71.1 Å². The average Bonchev–Trinajstić information content (AvgIpc) is 2.92. The van der Waals surface area contributed by atoms with Crippen LogP contribution in [0.5, 0.6) is 0 Å². The quantitative estimate of drug-likeness (QED) is 0.260. The maximum atomic E-state index is 9.48. The van der Waals surface area contributed by atoms with Crippen LogP contribution in [0.2, 0.25) is 0 Å². The summed E-state index contributed by atoms with van der Waals surface area (Å²) in [5.41, 5.74) is 0.435. The SMILES string of the molecule is C=C(C=O)CO.C=C(C=O)CO.CCCC1CCC(OCC2CCC(C(COC)COC)CC2)CC1. The van der Waals surface area contributed by atoms with Gasteiger partial charge in [0.2, 0.25) is 0 Å². The molecule has 2 rings (SSSR count). The van der Waals surface area contributed by atoms with Gasteiger partial charge in [-0.05, 0) is 69.1 Å². The molecule has 0 aromatic heterocycles. The van der Waals surface area contributed by atoms with E-state index in [9.17, 15) is 9.59 Å². The second-order valence-electron chi connectivity index (χ2n) is 10.1. The molecule has 0 atom stereocenters. The molecular weight excluding hydrogens is 460 g/mol. The van der Waals surface area contributed by atoms with Crippen molar-refractivity contribution in [2.24, 2.45) is 23.7 Å². The molecule has 7 nitrogen and oxygen atoms in total. The van der Waals surface area contributed by atoms with E-state index in [-0.39, 0.29) is 24.4 Å². The van der Waals surface area contributed by atoms with Crippen molar-refractivity contribution in [2.75, 3.05) is 47.3 Å². The minimum absolute atomic E-state index is 0.218. The van der Waals surface area contributed by atoms with Crippen LogP contribution < -0.4 is 0 Å². The number of rotatable bonds is 14. The summed E-state index contributed by atoms with van der Waals surface area (Å²) < 4.78 is 17.1. The number of methoxy groups -OCH3 is 2. The third-order valence-electron chi connectivity index (χ3n) is 7.12. The third kappa shape index (κ3) is 16.4. The van der Waals surface area contributed by atoms with E-state index in [2.05, 4.69) is 20.1 Å². The van der Waals surface area contributed by atoms with Crippen LogP contribution in [0, 0.1) is 23.7 Å². The van der Waals surface area contributed by atoms with Gasteiger partial charge in [-0.3, -0.25) is 9.59 Å². The lowest BCUT2D eigenvalue weighted by Crippen LogP contribution is -2.30. The molecule has 0 aromatic rings. The number of carbonyl (C=O) groups is 2. The first-order valence-electron chi connectivity index (χ1n) is 13.5. The molecule has 0 amide bonds. The van der Waals surface area contributed by atoms with Gasteiger partial charge in [-0.2, -0.15) is 0 Å². The van der Waals surface area contributed by atoms with Crippen LogP contribution in [0.3, 0.4) is 0 Å². The lowest BCUT2D eigenvalue weighted by atomic mass is 9.76. The molecular formula is C29H52O7. The number of aldehydes is 2. The van der Waals surface area contributed by atoms with Gasteiger partial charge in [0.25, 0.3) is 0 Å². The number of hydrogen-bond acceptors (Lipinski definition) is 7. The normalized spacial score (nSPS) is 23.5. The van der Waals surface area contributed by atoms with Crippen molar-refractivity contribution in [3.05, 3.63) is 24.3 Å². The van der Waals surface area contributed by atoms with Crippen LogP contribution >= 0.6 is 0 Å². The summed E-state index contributed by atoms with van der Waals surface area (Å²) in [6.07, 6.45) is 15.0. The van der Waals surface area contributed by atoms with E-state index < -0.39 is 0 Å². The van der Waals surface area contributed by atoms with E-state index in [0.717, 1.165) is 37.6 Å². The Labute approximate surface area is 219 Å². The van der Waals surface area contributed by atoms with Crippen molar-refractivity contribution in [3.8, 4) is 0 Å². The number of hydrogen-bond donors (Lipinski definition) is 2. The zero-order chi connectivity index (χ0) is 27.2. The van der Waals surface area contributed by atoms with Crippen LogP contribution in [0.4, 0.5) is 0 Å². The van der Waals surface area contributed by atoms with E-state index in [0.29, 0.717) is 24.6 Å². The first-order chi connectivity index (χ1) is 17.4. The summed E-state index contributed by atoms with van der Waals surface area (Å²) in [4.78, 5) is 19.0. The second-order valence-corrected chi connectivity index (χ2v) is 10.1. The molecule has 0 unspecified atom stereocenters. The summed E-state index contributed by atoms with van der Waals surface area (Å²) in [5.74, 6) is 3.09. The monoisotopic (exact) mass is 512 g/mol. The molecule has 0 radical (unpaired) electrons. The summed E-state index contributed by atoms with van der Waals surface area (Å²) in [6.45, 7) is 10.9. The van der Waals surface area contributed by atoms with Crippen molar-refractivity contribution < 1.29 is 34.0 Å². The van der Waals surface area contributed by atoms with Crippen molar-refractivity contribution >= 4 is 12.6 Å². The fraction of sp³-hybridized carbons (Fsp3) is 0.793. The van der Waals surface area contributed by atoms with Gasteiger partial charge in [0.1, 0.15) is 12.6 Å². The highest BCUT2D eigenvalue weighted by molar-refractivity contribution is 5.72. The molecule has 36 heavy (non-hydrogen) atoms. The highest BCUT2D eigenvalue weighted by atomic mass is 16.5. The topological polar surface area (TPSA) is 102 Å². The molecule has 0 saturated heterocycles. The van der Waals surface area contributed by atoms with Gasteiger partial charge in [0, 0.05) is 37.9 Å². The van der Waals surface area contributed by atoms with E-state index >= 15 is 0 Å². The largest absolute Gasteiger partial charge is 0.392 e. The number of aliphatic hydroxyl groups is 2. The molecule has 0 bridgehead atoms. The van der Waals surface area contributed by atoms with Crippen LogP contribution in [-0.4, -0.2) is 76.1 Å². The van der Waals surface area contributed by atoms with Crippen molar-refractivity contribution in [1.82, 2.24) is 0 Å². The van der Waals surface area contributed by atoms with E-state index in [1.807, 2.05) is 0 Å². The van der Waals surface area contributed by atoms with Crippen LogP contribution in [0.25, 0.3) is 0 Å². The first-order valence-corrected chi connectivity index (χ1v) is 13.5. The predicted octanol–water partition coefficient (Wildman–Crippen LogP) is 4.54. The summed E-state index contributed by atoms with van der Waals surface area (Å²) in [6, 6.07) is 0. The molecule has 0 spiro atoms. The molecule has 7 heteroatoms. The Morgan fingerprint density at radius 1 is 0.833 bits per heavy atom. The minimum Gasteiger partial charge on any atom is -0.392 e. The van der Waals surface area contributed by atoms with Gasteiger partial charge in [-0.15, -0.1) is 0 Å². The van der Waals surface area contributed by atoms with Crippen LogP contribution in [-0.2, 0) is 23.8 Å². The van der Waals surface area contributed by atoms with Crippen LogP contribution in [0.15, 0.2) is 24.3 Å². The molecule has 0 heterocycles. The summed E-state index contributed by atoms with van der Waals surface area (Å²) in [7, 11) is 3.61. The lowest BCUT2D eigenvalue weighted by Gasteiger charge is -2.34. The Kier molecular flexibility index (Phi) is 21.9. The van der Waals surface area contributed by atoms with Crippen molar-refractivity contribution in [2.45, 2.75) is 77.2 Å². The standard InChI is InChI=1S/C21H40O3.2C4H6O2/c1-4-5-17-8-12-21(13-9-17)24-14-18-6-10-19(11-7-18)20(15-22-2)16-23-3;2*1-4(2-5)3-6/h17-21H,4-16H2,1-3H3;2*2,6H,1,3H2. The average molecular weight is 513 g/mol. The van der Waals surface area contributed by atoms with Gasteiger partial charge in [0.15, 0.2) is 0 Å². The second kappa shape index (κ2) is 22.8. The zero-order valence-corrected chi connectivity index (χ0v) is 23.0. The molecule has 2 aliphatic carbocycles. The molecule has 0 aliphatic heterocycles. The number of ether oxygens (including phenoxy) is 3. The van der Waals surface area contributed by atoms with Gasteiger partial charge in [-0.1, -0.05) is 32.9 Å². The maximum absolute atomic E-state index is 9.48. The molecule has 2 saturated carbocycles. The van der Waals surface area contributed by atoms with Crippen molar-refractivity contribution in [1.29, 1.82) is 0 Å². The lowest BCUT2D eigenvalue weighted by molar-refractivity contribution is -0.106. The smallest absolute Gasteiger partial charge is 0.147 e. The Morgan fingerprint density at radius 2 is 1.31 bits per heavy atom. The zero-order valence-electron chi connectivity index (χ0n) is 23.0. The van der Waals surface area contributed by atoms with E-state index in [1.165, 1.54) is 64.2 Å². The number of carbonyl (C=O) groups excluding carboxylic acids is 2. The first kappa shape index (κ1) is 34.6. The fourth-order valence-corrected chi connectivity index (χ4v) is 4.92. The Morgan fingerprint density at radius 3 is 1.67 bits per heavy atom. The predicted molar refractivity (Wildman–Crippen MR) is 144 cm³/mol. The van der Waals surface area contributed by atoms with E-state index in [4.69, 9.17) is 24.4 Å². The Bertz CT molecular complexity index is 550. The van der Waals surface area contributed by atoms with E-state index in [1.54, 1.807) is 14.2 Å². The Balaban J connectivity index is 0.000000846. The molecule has 2 aliphatic rings. The molecule has 0 aromatic carbocycles. The van der Waals surface area contributed by atoms with Gasteiger partial charge in [-0.25, -0.2) is 0 Å². The summed E-state index contributed by atoms with van der Waals surface area (Å²) >= 11 is 0. The molecule has 2 fully saturated rings. The van der Waals surface area contributed by atoms with Gasteiger partial charge >= 0.3 is 0 Å². The molecule has 210 valence electrons. The van der Waals surface area contributed by atoms with Gasteiger partial charge < -0.3 is 24.4 Å². The third-order valence-corrected chi connectivity index (χ3v) is 7.12.